The lowest BCUT2D eigenvalue weighted by molar-refractivity contribution is -0.882. The van der Waals surface area contributed by atoms with Crippen molar-refractivity contribution >= 4 is 17.8 Å². The fourth-order valence-corrected chi connectivity index (χ4v) is 5.03. The summed E-state index contributed by atoms with van der Waals surface area (Å²) in [6, 6.07) is 19.7. The maximum atomic E-state index is 13.6. The van der Waals surface area contributed by atoms with Gasteiger partial charge in [-0.15, -0.1) is 0 Å². The predicted molar refractivity (Wildman–Crippen MR) is 121 cm³/mol. The van der Waals surface area contributed by atoms with Crippen LogP contribution in [0.5, 0.6) is 0 Å². The molecule has 1 aliphatic heterocycles. The van der Waals surface area contributed by atoms with E-state index in [0.29, 0.717) is 6.54 Å². The van der Waals surface area contributed by atoms with Gasteiger partial charge < -0.3 is 22.0 Å². The zero-order valence-corrected chi connectivity index (χ0v) is 19.6. The van der Waals surface area contributed by atoms with Crippen LogP contribution in [0.4, 0.5) is 0 Å². The Hall–Kier alpha value is -2.96. The lowest BCUT2D eigenvalue weighted by atomic mass is 9.68. The molecule has 1 aliphatic carbocycles. The highest BCUT2D eigenvalue weighted by Gasteiger charge is 2.55. The second kappa shape index (κ2) is 9.89. The maximum absolute atomic E-state index is 13.6. The summed E-state index contributed by atoms with van der Waals surface area (Å²) in [5.41, 5.74) is 2.05. The second-order valence-electron chi connectivity index (χ2n) is 9.35. The Morgan fingerprint density at radius 2 is 1.27 bits per heavy atom. The average Bonchev–Trinajstić information content (AvgIpc) is 3.02. The summed E-state index contributed by atoms with van der Waals surface area (Å²) in [4.78, 5) is 39.7. The molecule has 4 rings (SSSR count). The first-order valence-electron chi connectivity index (χ1n) is 11.0. The van der Waals surface area contributed by atoms with Crippen molar-refractivity contribution in [2.45, 2.75) is 11.8 Å². The molecule has 0 radical (unpaired) electrons. The highest BCUT2D eigenvalue weighted by Crippen LogP contribution is 2.49. The normalized spacial score (nSPS) is 24.4. The average molecular weight is 469 g/mol. The SMILES string of the molecule is C[N+](C)(CCN1C(=O)C2C(c3ccccc3)C=CC(c3ccccc3)C2C1=O)CC(=O)O.[Cl-]. The van der Waals surface area contributed by atoms with Gasteiger partial charge in [-0.25, -0.2) is 4.79 Å². The summed E-state index contributed by atoms with van der Waals surface area (Å²) in [7, 11) is 3.60. The van der Waals surface area contributed by atoms with E-state index in [1.54, 1.807) is 14.1 Å². The molecule has 4 unspecified atom stereocenters. The van der Waals surface area contributed by atoms with Gasteiger partial charge in [0.2, 0.25) is 11.8 Å². The first-order valence-corrected chi connectivity index (χ1v) is 11.0. The summed E-state index contributed by atoms with van der Waals surface area (Å²) < 4.78 is 0.199. The second-order valence-corrected chi connectivity index (χ2v) is 9.35. The Morgan fingerprint density at radius 1 is 0.848 bits per heavy atom. The van der Waals surface area contributed by atoms with Crippen LogP contribution in [0, 0.1) is 11.8 Å². The van der Waals surface area contributed by atoms with Crippen LogP contribution in [0.15, 0.2) is 72.8 Å². The number of imide groups is 1. The minimum Gasteiger partial charge on any atom is -1.00 e. The summed E-state index contributed by atoms with van der Waals surface area (Å²) in [6.07, 6.45) is 4.15. The largest absolute Gasteiger partial charge is 1.00 e. The number of rotatable bonds is 7. The molecule has 4 atom stereocenters. The smallest absolute Gasteiger partial charge is 0.359 e. The number of fused-ring (bicyclic) bond motifs is 1. The number of hydrogen-bond acceptors (Lipinski definition) is 3. The number of likely N-dealkylation sites (tertiary alicyclic amines) is 1. The molecule has 1 N–H and O–H groups in total. The van der Waals surface area contributed by atoms with Crippen molar-refractivity contribution in [1.29, 1.82) is 0 Å². The minimum absolute atomic E-state index is 0. The fourth-order valence-electron chi connectivity index (χ4n) is 5.03. The van der Waals surface area contributed by atoms with Crippen molar-refractivity contribution in [2.75, 3.05) is 33.7 Å². The highest BCUT2D eigenvalue weighted by atomic mass is 35.5. The molecule has 0 spiro atoms. The molecule has 6 nitrogen and oxygen atoms in total. The number of carboxylic acid groups (broad SMARTS) is 1. The summed E-state index contributed by atoms with van der Waals surface area (Å²) in [6.45, 7) is 0.542. The third-order valence-electron chi connectivity index (χ3n) is 6.65. The lowest BCUT2D eigenvalue weighted by Crippen LogP contribution is -3.00. The molecule has 1 heterocycles. The van der Waals surface area contributed by atoms with Gasteiger partial charge in [-0.05, 0) is 11.1 Å². The van der Waals surface area contributed by atoms with Crippen LogP contribution in [0.3, 0.4) is 0 Å². The number of carbonyl (C=O) groups excluding carboxylic acids is 2. The number of carboxylic acids is 1. The van der Waals surface area contributed by atoms with Gasteiger partial charge in [0.05, 0.1) is 39.0 Å². The van der Waals surface area contributed by atoms with Crippen LogP contribution in [-0.2, 0) is 14.4 Å². The Bertz CT molecular complexity index is 971. The van der Waals surface area contributed by atoms with Gasteiger partial charge >= 0.3 is 5.97 Å². The Balaban J connectivity index is 0.00000306. The zero-order chi connectivity index (χ0) is 22.9. The molecule has 2 aromatic carbocycles. The number of amides is 2. The van der Waals surface area contributed by atoms with Crippen molar-refractivity contribution in [3.63, 3.8) is 0 Å². The van der Waals surface area contributed by atoms with Gasteiger partial charge in [0.15, 0.2) is 6.54 Å². The molecule has 2 aliphatic rings. The highest BCUT2D eigenvalue weighted by molar-refractivity contribution is 6.06. The first kappa shape index (κ1) is 24.7. The van der Waals surface area contributed by atoms with Gasteiger partial charge in [0.1, 0.15) is 0 Å². The number of benzene rings is 2. The van der Waals surface area contributed by atoms with Crippen LogP contribution in [-0.4, -0.2) is 66.0 Å². The fraction of sp³-hybridized carbons (Fsp3) is 0.346. The van der Waals surface area contributed by atoms with Gasteiger partial charge in [-0.2, -0.15) is 0 Å². The number of hydrogen-bond donors (Lipinski definition) is 1. The van der Waals surface area contributed by atoms with E-state index in [-0.39, 0.29) is 53.6 Å². The van der Waals surface area contributed by atoms with E-state index < -0.39 is 17.8 Å². The third kappa shape index (κ3) is 5.02. The van der Waals surface area contributed by atoms with Crippen molar-refractivity contribution in [2.24, 2.45) is 11.8 Å². The van der Waals surface area contributed by atoms with E-state index in [4.69, 9.17) is 5.11 Å². The van der Waals surface area contributed by atoms with Gasteiger partial charge in [0.25, 0.3) is 0 Å². The number of quaternary nitrogens is 1. The van der Waals surface area contributed by atoms with Gasteiger partial charge in [-0.3, -0.25) is 14.5 Å². The van der Waals surface area contributed by atoms with E-state index in [0.717, 1.165) is 11.1 Å². The molecule has 0 bridgehead atoms. The maximum Gasteiger partial charge on any atom is 0.359 e. The summed E-state index contributed by atoms with van der Waals surface area (Å²) in [5.74, 6) is -2.47. The lowest BCUT2D eigenvalue weighted by Gasteiger charge is -2.32. The first-order chi connectivity index (χ1) is 15.3. The van der Waals surface area contributed by atoms with Crippen molar-refractivity contribution in [1.82, 2.24) is 4.90 Å². The van der Waals surface area contributed by atoms with E-state index in [2.05, 4.69) is 12.2 Å². The molecule has 2 amide bonds. The Kier molecular flexibility index (Phi) is 7.40. The Labute approximate surface area is 200 Å². The molecule has 33 heavy (non-hydrogen) atoms. The van der Waals surface area contributed by atoms with Crippen molar-refractivity contribution < 1.29 is 36.4 Å². The topological polar surface area (TPSA) is 74.7 Å². The Morgan fingerprint density at radius 3 is 1.67 bits per heavy atom. The van der Waals surface area contributed by atoms with Gasteiger partial charge in [-0.1, -0.05) is 72.8 Å². The molecule has 0 aromatic heterocycles. The molecule has 1 fully saturated rings. The van der Waals surface area contributed by atoms with Crippen LogP contribution >= 0.6 is 0 Å². The number of nitrogens with zero attached hydrogens (tertiary/aromatic N) is 2. The van der Waals surface area contributed by atoms with Crippen LogP contribution in [0.1, 0.15) is 23.0 Å². The molecule has 7 heteroatoms. The minimum atomic E-state index is -0.903. The standard InChI is InChI=1S/C26H28N2O4.ClH/c1-28(2,17-22(29)30)16-15-27-25(31)23-20(18-9-5-3-6-10-18)13-14-21(24(23)26(27)32)19-11-7-4-8-12-19;/h3-14,20-21,23-24H,15-17H2,1-2H3;1H. The van der Waals surface area contributed by atoms with Crippen LogP contribution in [0.25, 0.3) is 0 Å². The van der Waals surface area contributed by atoms with Crippen molar-refractivity contribution in [3.05, 3.63) is 83.9 Å². The molecule has 0 saturated carbocycles. The van der Waals surface area contributed by atoms with Gasteiger partial charge in [0, 0.05) is 11.8 Å². The van der Waals surface area contributed by atoms with Crippen LogP contribution in [0.2, 0.25) is 0 Å². The summed E-state index contributed by atoms with van der Waals surface area (Å²) in [5, 5.41) is 9.16. The van der Waals surface area contributed by atoms with Crippen LogP contribution < -0.4 is 12.4 Å². The zero-order valence-electron chi connectivity index (χ0n) is 18.8. The molecule has 174 valence electrons. The molecule has 2 aromatic rings. The molecule has 1 saturated heterocycles. The monoisotopic (exact) mass is 468 g/mol. The van der Waals surface area contributed by atoms with E-state index >= 15 is 0 Å². The number of carbonyl (C=O) groups is 3. The molecular formula is C26H29ClN2O4. The number of aliphatic carboxylic acids is 1. The summed E-state index contributed by atoms with van der Waals surface area (Å²) >= 11 is 0. The van der Waals surface area contributed by atoms with E-state index in [9.17, 15) is 14.4 Å². The number of halogens is 1. The number of allylic oxidation sites excluding steroid dienone is 2. The predicted octanol–water partition coefficient (Wildman–Crippen LogP) is -0.110. The molecular weight excluding hydrogens is 440 g/mol. The number of likely N-dealkylation sites (N-methyl/N-ethyl adjacent to an activating group) is 1. The van der Waals surface area contributed by atoms with E-state index in [1.807, 2.05) is 60.7 Å². The van der Waals surface area contributed by atoms with Crippen molar-refractivity contribution in [3.8, 4) is 0 Å². The quantitative estimate of drug-likeness (QED) is 0.349. The third-order valence-corrected chi connectivity index (χ3v) is 6.65. The van der Waals surface area contributed by atoms with E-state index in [1.165, 1.54) is 4.90 Å².